The lowest BCUT2D eigenvalue weighted by Gasteiger charge is -2.06. The molecule has 0 aliphatic heterocycles. The Morgan fingerprint density at radius 2 is 1.69 bits per heavy atom. The molecule has 29 heavy (non-hydrogen) atoms. The molecule has 1 aromatic heterocycles. The number of anilines is 2. The largest absolute Gasteiger partial charge is 0.465 e. The number of esters is 1. The molecule has 1 heterocycles. The number of carbonyl (C=O) groups excluding carboxylic acids is 3. The molecular formula is C21H17ClN2O4S. The smallest absolute Gasteiger partial charge is 0.341 e. The van der Waals surface area contributed by atoms with Gasteiger partial charge in [0.05, 0.1) is 17.6 Å². The first-order valence-corrected chi connectivity index (χ1v) is 9.75. The van der Waals surface area contributed by atoms with Crippen LogP contribution in [0.4, 0.5) is 10.7 Å². The summed E-state index contributed by atoms with van der Waals surface area (Å²) < 4.78 is 4.84. The van der Waals surface area contributed by atoms with Gasteiger partial charge in [0.15, 0.2) is 0 Å². The topological polar surface area (TPSA) is 84.5 Å². The van der Waals surface area contributed by atoms with Crippen molar-refractivity contribution in [2.75, 3.05) is 17.7 Å². The number of carbonyl (C=O) groups is 3. The van der Waals surface area contributed by atoms with E-state index in [1.807, 2.05) is 6.07 Å². The van der Waals surface area contributed by atoms with Crippen LogP contribution in [0.15, 0.2) is 54.6 Å². The van der Waals surface area contributed by atoms with Gasteiger partial charge in [0, 0.05) is 16.3 Å². The number of amides is 2. The first kappa shape index (κ1) is 20.6. The fourth-order valence-electron chi connectivity index (χ4n) is 2.68. The third kappa shape index (κ3) is 4.64. The van der Waals surface area contributed by atoms with Crippen LogP contribution in [0.1, 0.15) is 36.0 Å². The molecule has 2 amide bonds. The highest BCUT2D eigenvalue weighted by Gasteiger charge is 2.26. The van der Waals surface area contributed by atoms with Gasteiger partial charge in [-0.1, -0.05) is 35.9 Å². The lowest BCUT2D eigenvalue weighted by molar-refractivity contribution is 0.0601. The highest BCUT2D eigenvalue weighted by atomic mass is 35.5. The first-order valence-electron chi connectivity index (χ1n) is 8.55. The van der Waals surface area contributed by atoms with Crippen LogP contribution >= 0.6 is 22.9 Å². The van der Waals surface area contributed by atoms with Crippen molar-refractivity contribution in [3.8, 4) is 0 Å². The maximum absolute atomic E-state index is 12.7. The standard InChI is InChI=1S/C21H17ClN2O4S/c1-12-16(21(27)28-2)20(24-18(25)13-7-6-8-14(22)11-13)29-17(12)19(26)23-15-9-4-3-5-10-15/h3-11H,1-2H3,(H,23,26)(H,24,25). The first-order chi connectivity index (χ1) is 13.9. The van der Waals surface area contributed by atoms with E-state index in [1.54, 1.807) is 49.4 Å². The van der Waals surface area contributed by atoms with Gasteiger partial charge in [0.1, 0.15) is 5.00 Å². The molecule has 6 nitrogen and oxygen atoms in total. The summed E-state index contributed by atoms with van der Waals surface area (Å²) in [5.74, 6) is -1.47. The van der Waals surface area contributed by atoms with Gasteiger partial charge in [0.25, 0.3) is 11.8 Å². The van der Waals surface area contributed by atoms with Crippen molar-refractivity contribution in [1.29, 1.82) is 0 Å². The van der Waals surface area contributed by atoms with Crippen LogP contribution in [0.5, 0.6) is 0 Å². The molecule has 0 saturated heterocycles. The van der Waals surface area contributed by atoms with Gasteiger partial charge >= 0.3 is 5.97 Å². The van der Waals surface area contributed by atoms with Crippen LogP contribution in [0.3, 0.4) is 0 Å². The number of benzene rings is 2. The fraction of sp³-hybridized carbons (Fsp3) is 0.0952. The zero-order valence-corrected chi connectivity index (χ0v) is 17.2. The summed E-state index contributed by atoms with van der Waals surface area (Å²) in [6, 6.07) is 15.4. The van der Waals surface area contributed by atoms with Crippen molar-refractivity contribution in [3.63, 3.8) is 0 Å². The van der Waals surface area contributed by atoms with Crippen LogP contribution in [0.25, 0.3) is 0 Å². The molecule has 8 heteroatoms. The number of hydrogen-bond acceptors (Lipinski definition) is 5. The second kappa shape index (κ2) is 8.89. The molecule has 3 aromatic rings. The molecule has 0 spiro atoms. The Balaban J connectivity index is 1.94. The monoisotopic (exact) mass is 428 g/mol. The molecular weight excluding hydrogens is 412 g/mol. The number of thiophene rings is 1. The second-order valence-electron chi connectivity index (χ2n) is 6.04. The van der Waals surface area contributed by atoms with Crippen molar-refractivity contribution in [2.45, 2.75) is 6.92 Å². The molecule has 0 saturated carbocycles. The minimum atomic E-state index is -0.640. The van der Waals surface area contributed by atoms with Crippen molar-refractivity contribution in [3.05, 3.63) is 81.2 Å². The summed E-state index contributed by atoms with van der Waals surface area (Å²) in [4.78, 5) is 37.9. The Morgan fingerprint density at radius 3 is 2.34 bits per heavy atom. The van der Waals surface area contributed by atoms with E-state index in [0.717, 1.165) is 11.3 Å². The molecule has 2 aromatic carbocycles. The molecule has 0 atom stereocenters. The zero-order valence-electron chi connectivity index (χ0n) is 15.6. The maximum Gasteiger partial charge on any atom is 0.341 e. The van der Waals surface area contributed by atoms with Gasteiger partial charge in [-0.05, 0) is 42.8 Å². The fourth-order valence-corrected chi connectivity index (χ4v) is 3.96. The van der Waals surface area contributed by atoms with E-state index in [2.05, 4.69) is 10.6 Å². The second-order valence-corrected chi connectivity index (χ2v) is 7.49. The third-order valence-corrected chi connectivity index (χ3v) is 5.53. The van der Waals surface area contributed by atoms with Gasteiger partial charge in [-0.25, -0.2) is 4.79 Å². The molecule has 0 fully saturated rings. The van der Waals surface area contributed by atoms with E-state index in [9.17, 15) is 14.4 Å². The predicted octanol–water partition coefficient (Wildman–Crippen LogP) is 5.00. The average Bonchev–Trinajstić information content (AvgIpc) is 3.04. The van der Waals surface area contributed by atoms with Crippen LogP contribution in [0.2, 0.25) is 5.02 Å². The average molecular weight is 429 g/mol. The number of methoxy groups -OCH3 is 1. The number of nitrogens with one attached hydrogen (secondary N) is 2. The van der Waals surface area contributed by atoms with Gasteiger partial charge < -0.3 is 15.4 Å². The highest BCUT2D eigenvalue weighted by molar-refractivity contribution is 7.19. The Bertz CT molecular complexity index is 1080. The normalized spacial score (nSPS) is 10.3. The summed E-state index contributed by atoms with van der Waals surface area (Å²) in [7, 11) is 1.24. The lowest BCUT2D eigenvalue weighted by Crippen LogP contribution is -2.14. The minimum absolute atomic E-state index is 0.145. The van der Waals surface area contributed by atoms with Crippen LogP contribution in [-0.2, 0) is 4.74 Å². The molecule has 0 radical (unpaired) electrons. The van der Waals surface area contributed by atoms with E-state index in [0.29, 0.717) is 26.7 Å². The Kier molecular flexibility index (Phi) is 6.31. The third-order valence-electron chi connectivity index (χ3n) is 4.09. The molecule has 2 N–H and O–H groups in total. The minimum Gasteiger partial charge on any atom is -0.465 e. The number of halogens is 1. The van der Waals surface area contributed by atoms with E-state index in [4.69, 9.17) is 16.3 Å². The van der Waals surface area contributed by atoms with E-state index >= 15 is 0 Å². The number of rotatable bonds is 5. The molecule has 0 bridgehead atoms. The van der Waals surface area contributed by atoms with Crippen molar-refractivity contribution in [1.82, 2.24) is 0 Å². The van der Waals surface area contributed by atoms with Gasteiger partial charge in [-0.3, -0.25) is 9.59 Å². The quantitative estimate of drug-likeness (QED) is 0.560. The predicted molar refractivity (Wildman–Crippen MR) is 114 cm³/mol. The summed E-state index contributed by atoms with van der Waals surface area (Å²) in [6.07, 6.45) is 0. The Hall–Kier alpha value is -3.16. The maximum atomic E-state index is 12.7. The van der Waals surface area contributed by atoms with E-state index in [1.165, 1.54) is 13.2 Å². The number of hydrogen-bond donors (Lipinski definition) is 2. The SMILES string of the molecule is COC(=O)c1c(NC(=O)c2cccc(Cl)c2)sc(C(=O)Nc2ccccc2)c1C. The van der Waals surface area contributed by atoms with Crippen molar-refractivity contribution < 1.29 is 19.1 Å². The lowest BCUT2D eigenvalue weighted by atomic mass is 10.1. The van der Waals surface area contributed by atoms with Gasteiger partial charge in [-0.15, -0.1) is 11.3 Å². The summed E-state index contributed by atoms with van der Waals surface area (Å²) >= 11 is 6.95. The van der Waals surface area contributed by atoms with Crippen LogP contribution in [-0.4, -0.2) is 24.9 Å². The molecule has 3 rings (SSSR count). The van der Waals surface area contributed by atoms with Crippen molar-refractivity contribution >= 4 is 51.4 Å². The molecule has 0 aliphatic rings. The number of para-hydroxylation sites is 1. The molecule has 0 aliphatic carbocycles. The van der Waals surface area contributed by atoms with Crippen molar-refractivity contribution in [2.24, 2.45) is 0 Å². The molecule has 0 unspecified atom stereocenters. The summed E-state index contributed by atoms with van der Waals surface area (Å²) in [5.41, 5.74) is 1.52. The highest BCUT2D eigenvalue weighted by Crippen LogP contribution is 2.34. The van der Waals surface area contributed by atoms with Gasteiger partial charge in [-0.2, -0.15) is 0 Å². The molecule has 148 valence electrons. The summed E-state index contributed by atoms with van der Waals surface area (Å²) in [6.45, 7) is 1.64. The zero-order chi connectivity index (χ0) is 21.0. The van der Waals surface area contributed by atoms with Crippen LogP contribution in [0, 0.1) is 6.92 Å². The Labute approximate surface area is 176 Å². The summed E-state index contributed by atoms with van der Waals surface area (Å²) in [5, 5.41) is 6.11. The van der Waals surface area contributed by atoms with E-state index < -0.39 is 11.9 Å². The number of ether oxygens (including phenoxy) is 1. The van der Waals surface area contributed by atoms with Gasteiger partial charge in [0.2, 0.25) is 0 Å². The Morgan fingerprint density at radius 1 is 0.966 bits per heavy atom. The van der Waals surface area contributed by atoms with E-state index in [-0.39, 0.29) is 16.5 Å². The van der Waals surface area contributed by atoms with Crippen LogP contribution < -0.4 is 10.6 Å².